The van der Waals surface area contributed by atoms with Gasteiger partial charge in [0.05, 0.1) is 6.20 Å². The molecule has 0 spiro atoms. The molecule has 1 N–H and O–H groups in total. The topological polar surface area (TPSA) is 79.0 Å². The lowest BCUT2D eigenvalue weighted by Crippen LogP contribution is -2.39. The number of nitrogens with one attached hydrogen (secondary N) is 1. The van der Waals surface area contributed by atoms with Gasteiger partial charge in [0.1, 0.15) is 4.90 Å². The van der Waals surface area contributed by atoms with E-state index in [1.165, 1.54) is 23.5 Å². The largest absolute Gasteiger partial charge is 0.284 e. The molecule has 2 aromatic heterocycles. The molecule has 6 nitrogen and oxygen atoms in total. The Hall–Kier alpha value is -2.51. The summed E-state index contributed by atoms with van der Waals surface area (Å²) in [7, 11) is -3.51. The van der Waals surface area contributed by atoms with Gasteiger partial charge in [-0.15, -0.1) is 0 Å². The highest BCUT2D eigenvalue weighted by Gasteiger charge is 2.32. The van der Waals surface area contributed by atoms with E-state index in [9.17, 15) is 8.42 Å². The highest BCUT2D eigenvalue weighted by Crippen LogP contribution is 2.29. The van der Waals surface area contributed by atoms with Gasteiger partial charge in [-0.05, 0) is 37.5 Å². The molecule has 3 heterocycles. The first-order chi connectivity index (χ1) is 13.5. The Labute approximate surface area is 165 Å². The molecule has 7 heteroatoms. The fourth-order valence-electron chi connectivity index (χ4n) is 3.79. The van der Waals surface area contributed by atoms with Crippen LogP contribution < -0.4 is 0 Å². The summed E-state index contributed by atoms with van der Waals surface area (Å²) in [6, 6.07) is 14.5. The van der Waals surface area contributed by atoms with Crippen LogP contribution >= 0.6 is 0 Å². The van der Waals surface area contributed by atoms with Crippen molar-refractivity contribution in [1.29, 1.82) is 0 Å². The lowest BCUT2D eigenvalue weighted by molar-refractivity contribution is 0.312. The quantitative estimate of drug-likeness (QED) is 0.718. The number of sulfonamides is 1. The van der Waals surface area contributed by atoms with Crippen LogP contribution in [-0.2, 0) is 16.4 Å². The number of pyridine rings is 1. The summed E-state index contributed by atoms with van der Waals surface area (Å²) < 4.78 is 27.2. The van der Waals surface area contributed by atoms with E-state index in [1.54, 1.807) is 4.31 Å². The number of aromatic amines is 1. The summed E-state index contributed by atoms with van der Waals surface area (Å²) in [5, 5.41) is 6.36. The minimum absolute atomic E-state index is 0.105. The predicted molar refractivity (Wildman–Crippen MR) is 108 cm³/mol. The summed E-state index contributed by atoms with van der Waals surface area (Å²) in [6.07, 6.45) is 5.34. The van der Waals surface area contributed by atoms with Gasteiger partial charge in [0, 0.05) is 43.0 Å². The number of nitrogens with zero attached hydrogens (tertiary/aromatic N) is 3. The molecule has 0 amide bonds. The molecule has 0 radical (unpaired) electrons. The Kier molecular flexibility index (Phi) is 5.28. The zero-order chi connectivity index (χ0) is 19.6. The number of H-pyrrole nitrogens is 1. The minimum Gasteiger partial charge on any atom is -0.284 e. The highest BCUT2D eigenvalue weighted by atomic mass is 32.2. The predicted octanol–water partition coefficient (Wildman–Crippen LogP) is 3.27. The van der Waals surface area contributed by atoms with Crippen LogP contribution in [0.5, 0.6) is 0 Å². The molecule has 146 valence electrons. The van der Waals surface area contributed by atoms with Crippen LogP contribution in [0, 0.1) is 6.92 Å². The number of aryl methyl sites for hydroxylation is 1. The third-order valence-corrected chi connectivity index (χ3v) is 7.04. The second-order valence-electron chi connectivity index (χ2n) is 7.36. The maximum Gasteiger partial charge on any atom is 0.246 e. The number of rotatable bonds is 5. The van der Waals surface area contributed by atoms with E-state index >= 15 is 0 Å². The van der Waals surface area contributed by atoms with Crippen molar-refractivity contribution in [2.75, 3.05) is 13.1 Å². The molecule has 4 rings (SSSR count). The van der Waals surface area contributed by atoms with Crippen molar-refractivity contribution in [3.8, 4) is 0 Å². The van der Waals surface area contributed by atoms with Crippen molar-refractivity contribution in [3.63, 3.8) is 0 Å². The maximum absolute atomic E-state index is 12.8. The SMILES string of the molecule is Cc1cccc(Cc2cccc(C3CCCN(S(=O)(=O)c4cn[nH]c4)C3)n2)c1. The summed E-state index contributed by atoms with van der Waals surface area (Å²) >= 11 is 0. The Morgan fingerprint density at radius 2 is 2.07 bits per heavy atom. The Balaban J connectivity index is 1.52. The number of aromatic nitrogens is 3. The molecule has 0 aliphatic carbocycles. The van der Waals surface area contributed by atoms with E-state index in [1.807, 2.05) is 18.2 Å². The summed E-state index contributed by atoms with van der Waals surface area (Å²) in [5.41, 5.74) is 4.45. The molecule has 1 aliphatic rings. The average molecular weight is 397 g/mol. The van der Waals surface area contributed by atoms with Gasteiger partial charge in [0.15, 0.2) is 0 Å². The number of benzene rings is 1. The van der Waals surface area contributed by atoms with E-state index in [4.69, 9.17) is 4.98 Å². The number of hydrogen-bond donors (Lipinski definition) is 1. The van der Waals surface area contributed by atoms with Crippen LogP contribution in [0.2, 0.25) is 0 Å². The van der Waals surface area contributed by atoms with Crippen LogP contribution in [0.4, 0.5) is 0 Å². The fourth-order valence-corrected chi connectivity index (χ4v) is 5.22. The summed E-state index contributed by atoms with van der Waals surface area (Å²) in [4.78, 5) is 5.08. The van der Waals surface area contributed by atoms with Crippen LogP contribution in [-0.4, -0.2) is 41.0 Å². The van der Waals surface area contributed by atoms with Crippen LogP contribution in [0.1, 0.15) is 41.3 Å². The average Bonchev–Trinajstić information content (AvgIpc) is 3.24. The first-order valence-corrected chi connectivity index (χ1v) is 11.0. The lowest BCUT2D eigenvalue weighted by Gasteiger charge is -2.31. The summed E-state index contributed by atoms with van der Waals surface area (Å²) in [5.74, 6) is 0.105. The zero-order valence-corrected chi connectivity index (χ0v) is 16.7. The van der Waals surface area contributed by atoms with Gasteiger partial charge < -0.3 is 0 Å². The van der Waals surface area contributed by atoms with Gasteiger partial charge in [-0.1, -0.05) is 35.9 Å². The molecular weight excluding hydrogens is 372 g/mol. The molecule has 1 saturated heterocycles. The molecule has 0 bridgehead atoms. The van der Waals surface area contributed by atoms with E-state index in [-0.39, 0.29) is 10.8 Å². The van der Waals surface area contributed by atoms with Crippen LogP contribution in [0.3, 0.4) is 0 Å². The molecule has 1 fully saturated rings. The van der Waals surface area contributed by atoms with Crippen LogP contribution in [0.25, 0.3) is 0 Å². The second-order valence-corrected chi connectivity index (χ2v) is 9.29. The van der Waals surface area contributed by atoms with Crippen molar-refractivity contribution >= 4 is 10.0 Å². The smallest absolute Gasteiger partial charge is 0.246 e. The monoisotopic (exact) mass is 396 g/mol. The van der Waals surface area contributed by atoms with Gasteiger partial charge in [-0.3, -0.25) is 10.1 Å². The first-order valence-electron chi connectivity index (χ1n) is 9.53. The van der Waals surface area contributed by atoms with Crippen molar-refractivity contribution in [2.24, 2.45) is 0 Å². The van der Waals surface area contributed by atoms with Gasteiger partial charge >= 0.3 is 0 Å². The summed E-state index contributed by atoms with van der Waals surface area (Å²) in [6.45, 7) is 3.08. The second kappa shape index (κ2) is 7.85. The number of hydrogen-bond acceptors (Lipinski definition) is 4. The van der Waals surface area contributed by atoms with Gasteiger partial charge in [-0.25, -0.2) is 8.42 Å². The van der Waals surface area contributed by atoms with E-state index in [0.29, 0.717) is 13.1 Å². The normalized spacial score (nSPS) is 18.2. The standard InChI is InChI=1S/C21H24N4O2S/c1-16-5-2-6-17(11-16)12-19-8-3-9-21(24-19)18-7-4-10-25(15-18)28(26,27)20-13-22-23-14-20/h2-3,5-6,8-9,11,13-14,18H,4,7,10,12,15H2,1H3,(H,22,23). The molecular formula is C21H24N4O2S. The Morgan fingerprint density at radius 1 is 1.21 bits per heavy atom. The van der Waals surface area contributed by atoms with Gasteiger partial charge in [-0.2, -0.15) is 9.40 Å². The van der Waals surface area contributed by atoms with Gasteiger partial charge in [0.25, 0.3) is 0 Å². The molecule has 1 unspecified atom stereocenters. The van der Waals surface area contributed by atoms with Crippen molar-refractivity contribution in [1.82, 2.24) is 19.5 Å². The first kappa shape index (κ1) is 18.8. The van der Waals surface area contributed by atoms with Crippen LogP contribution in [0.15, 0.2) is 59.8 Å². The fraction of sp³-hybridized carbons (Fsp3) is 0.333. The molecule has 0 saturated carbocycles. The Bertz CT molecular complexity index is 1050. The molecule has 1 aliphatic heterocycles. The third kappa shape index (κ3) is 4.00. The van der Waals surface area contributed by atoms with Crippen molar-refractivity contribution < 1.29 is 8.42 Å². The molecule has 28 heavy (non-hydrogen) atoms. The molecule has 3 aromatic rings. The maximum atomic E-state index is 12.8. The van der Waals surface area contributed by atoms with E-state index < -0.39 is 10.0 Å². The van der Waals surface area contributed by atoms with Crippen molar-refractivity contribution in [2.45, 2.75) is 37.0 Å². The van der Waals surface area contributed by atoms with Crippen molar-refractivity contribution in [3.05, 3.63) is 77.4 Å². The van der Waals surface area contributed by atoms with E-state index in [2.05, 4.69) is 41.4 Å². The molecule has 1 aromatic carbocycles. The van der Waals surface area contributed by atoms with E-state index in [0.717, 1.165) is 30.7 Å². The minimum atomic E-state index is -3.51. The van der Waals surface area contributed by atoms with Gasteiger partial charge in [0.2, 0.25) is 10.0 Å². The Morgan fingerprint density at radius 3 is 2.86 bits per heavy atom. The third-order valence-electron chi connectivity index (χ3n) is 5.21. The highest BCUT2D eigenvalue weighted by molar-refractivity contribution is 7.89. The lowest BCUT2D eigenvalue weighted by atomic mass is 9.95. The zero-order valence-electron chi connectivity index (χ0n) is 15.9. The number of piperidine rings is 1. The molecule has 1 atom stereocenters.